The Balaban J connectivity index is 1.70. The third-order valence-corrected chi connectivity index (χ3v) is 5.16. The highest BCUT2D eigenvalue weighted by atomic mass is 19.4. The number of nitro groups is 1. The van der Waals surface area contributed by atoms with Crippen LogP contribution in [0.2, 0.25) is 0 Å². The molecular formula is C20H19F3N4O4. The third kappa shape index (κ3) is 4.93. The summed E-state index contributed by atoms with van der Waals surface area (Å²) in [6.45, 7) is 0.503. The van der Waals surface area contributed by atoms with Gasteiger partial charge in [0.25, 0.3) is 11.6 Å². The zero-order valence-electron chi connectivity index (χ0n) is 16.2. The van der Waals surface area contributed by atoms with Crippen LogP contribution in [-0.2, 0) is 11.0 Å². The largest absolute Gasteiger partial charge is 0.416 e. The topological polar surface area (TPSA) is 119 Å². The van der Waals surface area contributed by atoms with Crippen LogP contribution in [0, 0.1) is 16.0 Å². The van der Waals surface area contributed by atoms with Crippen molar-refractivity contribution in [2.45, 2.75) is 19.0 Å². The van der Waals surface area contributed by atoms with Crippen molar-refractivity contribution in [3.05, 3.63) is 63.7 Å². The molecule has 164 valence electrons. The van der Waals surface area contributed by atoms with Gasteiger partial charge in [0.05, 0.1) is 21.7 Å². The first-order valence-corrected chi connectivity index (χ1v) is 9.38. The highest BCUT2D eigenvalue weighted by Gasteiger charge is 2.35. The van der Waals surface area contributed by atoms with E-state index < -0.39 is 34.2 Å². The summed E-state index contributed by atoms with van der Waals surface area (Å²) in [5, 5.41) is 14.0. The number of hydrogen-bond donors (Lipinski definition) is 2. The van der Waals surface area contributed by atoms with Crippen LogP contribution in [0.4, 0.5) is 30.2 Å². The summed E-state index contributed by atoms with van der Waals surface area (Å²) >= 11 is 0. The number of nitro benzene ring substituents is 1. The minimum Gasteiger partial charge on any atom is -0.366 e. The van der Waals surface area contributed by atoms with Crippen LogP contribution in [-0.4, -0.2) is 29.8 Å². The van der Waals surface area contributed by atoms with Crippen molar-refractivity contribution in [3.63, 3.8) is 0 Å². The third-order valence-electron chi connectivity index (χ3n) is 5.16. The number of amides is 2. The van der Waals surface area contributed by atoms with Crippen LogP contribution >= 0.6 is 0 Å². The van der Waals surface area contributed by atoms with E-state index in [1.807, 2.05) is 0 Å². The van der Waals surface area contributed by atoms with Crippen molar-refractivity contribution < 1.29 is 27.7 Å². The number of nitrogens with zero attached hydrogens (tertiary/aromatic N) is 2. The van der Waals surface area contributed by atoms with E-state index in [9.17, 15) is 32.9 Å². The van der Waals surface area contributed by atoms with Crippen molar-refractivity contribution in [2.24, 2.45) is 11.7 Å². The summed E-state index contributed by atoms with van der Waals surface area (Å²) in [6.07, 6.45) is -4.01. The lowest BCUT2D eigenvalue weighted by Gasteiger charge is -2.32. The molecule has 0 spiro atoms. The summed E-state index contributed by atoms with van der Waals surface area (Å²) in [6, 6.07) is 8.73. The lowest BCUT2D eigenvalue weighted by molar-refractivity contribution is -0.384. The maximum Gasteiger partial charge on any atom is 0.416 e. The lowest BCUT2D eigenvalue weighted by atomic mass is 9.95. The molecule has 0 unspecified atom stereocenters. The molecule has 2 aromatic carbocycles. The molecule has 11 heteroatoms. The van der Waals surface area contributed by atoms with Crippen molar-refractivity contribution in [2.75, 3.05) is 23.3 Å². The number of carbonyl (C=O) groups excluding carboxylic acids is 2. The molecule has 0 radical (unpaired) electrons. The van der Waals surface area contributed by atoms with Gasteiger partial charge in [0.1, 0.15) is 5.69 Å². The molecule has 0 bridgehead atoms. The second kappa shape index (κ2) is 8.62. The molecular weight excluding hydrogens is 417 g/mol. The number of benzene rings is 2. The van der Waals surface area contributed by atoms with Crippen LogP contribution in [0.3, 0.4) is 0 Å². The molecule has 1 aliphatic heterocycles. The monoisotopic (exact) mass is 436 g/mol. The number of anilines is 2. The fraction of sp³-hybridized carbons (Fsp3) is 0.300. The van der Waals surface area contributed by atoms with E-state index >= 15 is 0 Å². The minimum atomic E-state index is -4.68. The minimum absolute atomic E-state index is 0.0796. The van der Waals surface area contributed by atoms with E-state index in [1.54, 1.807) is 23.1 Å². The number of nitrogens with one attached hydrogen (secondary N) is 1. The van der Waals surface area contributed by atoms with E-state index in [-0.39, 0.29) is 30.2 Å². The number of primary amides is 1. The summed E-state index contributed by atoms with van der Waals surface area (Å²) in [5.74, 6) is -1.43. The van der Waals surface area contributed by atoms with Gasteiger partial charge in [0, 0.05) is 25.1 Å². The number of alkyl halides is 3. The van der Waals surface area contributed by atoms with Crippen LogP contribution in [0.15, 0.2) is 42.5 Å². The first-order valence-electron chi connectivity index (χ1n) is 9.38. The van der Waals surface area contributed by atoms with Gasteiger partial charge < -0.3 is 16.0 Å². The average Bonchev–Trinajstić information content (AvgIpc) is 2.73. The summed E-state index contributed by atoms with van der Waals surface area (Å²) in [4.78, 5) is 36.2. The average molecular weight is 436 g/mol. The first kappa shape index (κ1) is 22.1. The molecule has 0 saturated carbocycles. The number of para-hydroxylation sites is 1. The zero-order valence-corrected chi connectivity index (χ0v) is 16.2. The molecule has 0 atom stereocenters. The van der Waals surface area contributed by atoms with Gasteiger partial charge in [-0.3, -0.25) is 19.7 Å². The van der Waals surface area contributed by atoms with Gasteiger partial charge in [0.15, 0.2) is 0 Å². The lowest BCUT2D eigenvalue weighted by Crippen LogP contribution is -2.38. The van der Waals surface area contributed by atoms with Crippen LogP contribution in [0.1, 0.15) is 28.8 Å². The van der Waals surface area contributed by atoms with E-state index in [0.29, 0.717) is 24.6 Å². The second-order valence-electron chi connectivity index (χ2n) is 7.12. The predicted molar refractivity (Wildman–Crippen MR) is 107 cm³/mol. The van der Waals surface area contributed by atoms with Gasteiger partial charge >= 0.3 is 6.18 Å². The maximum atomic E-state index is 12.9. The van der Waals surface area contributed by atoms with Gasteiger partial charge in [-0.15, -0.1) is 0 Å². The van der Waals surface area contributed by atoms with Gasteiger partial charge in [-0.25, -0.2) is 0 Å². The quantitative estimate of drug-likeness (QED) is 0.549. The molecule has 3 N–H and O–H groups in total. The van der Waals surface area contributed by atoms with Crippen molar-refractivity contribution in [3.8, 4) is 0 Å². The van der Waals surface area contributed by atoms with Crippen molar-refractivity contribution >= 4 is 28.9 Å². The van der Waals surface area contributed by atoms with Crippen LogP contribution in [0.5, 0.6) is 0 Å². The molecule has 8 nitrogen and oxygen atoms in total. The number of nitrogens with two attached hydrogens (primary N) is 1. The SMILES string of the molecule is NC(=O)c1ccccc1NC(=O)C1CCN(c2ccc(C(F)(F)F)cc2[N+](=O)[O-])CC1. The maximum absolute atomic E-state index is 12.9. The normalized spacial score (nSPS) is 14.9. The fourth-order valence-electron chi connectivity index (χ4n) is 3.54. The molecule has 2 amide bonds. The molecule has 3 rings (SSSR count). The van der Waals surface area contributed by atoms with Crippen molar-refractivity contribution in [1.82, 2.24) is 0 Å². The molecule has 0 aliphatic carbocycles. The Labute approximate surface area is 175 Å². The van der Waals surface area contributed by atoms with Gasteiger partial charge in [-0.2, -0.15) is 13.2 Å². The number of rotatable bonds is 5. The number of carbonyl (C=O) groups is 2. The van der Waals surface area contributed by atoms with Crippen LogP contribution in [0.25, 0.3) is 0 Å². The standard InChI is InChI=1S/C20H19F3N4O4/c21-20(22,23)13-5-6-16(17(11-13)27(30)31)26-9-7-12(8-10-26)19(29)25-15-4-2-1-3-14(15)18(24)28/h1-6,11-12H,7-10H2,(H2,24,28)(H,25,29). The molecule has 1 heterocycles. The second-order valence-corrected chi connectivity index (χ2v) is 7.12. The zero-order chi connectivity index (χ0) is 22.8. The van der Waals surface area contributed by atoms with E-state index in [4.69, 9.17) is 5.73 Å². The van der Waals surface area contributed by atoms with Crippen LogP contribution < -0.4 is 16.0 Å². The van der Waals surface area contributed by atoms with E-state index in [2.05, 4.69) is 5.32 Å². The fourth-order valence-corrected chi connectivity index (χ4v) is 3.54. The Kier molecular flexibility index (Phi) is 6.14. The Morgan fingerprint density at radius 3 is 2.35 bits per heavy atom. The Hall–Kier alpha value is -3.63. The van der Waals surface area contributed by atoms with Gasteiger partial charge in [-0.05, 0) is 37.1 Å². The van der Waals surface area contributed by atoms with Crippen molar-refractivity contribution in [1.29, 1.82) is 0 Å². The number of hydrogen-bond acceptors (Lipinski definition) is 5. The molecule has 1 fully saturated rings. The summed E-state index contributed by atoms with van der Waals surface area (Å²) in [5.41, 5.74) is 4.13. The Morgan fingerprint density at radius 1 is 1.13 bits per heavy atom. The first-order chi connectivity index (χ1) is 14.6. The molecule has 1 saturated heterocycles. The van der Waals surface area contributed by atoms with E-state index in [0.717, 1.165) is 12.1 Å². The number of piperidine rings is 1. The van der Waals surface area contributed by atoms with Gasteiger partial charge in [0.2, 0.25) is 5.91 Å². The molecule has 31 heavy (non-hydrogen) atoms. The number of halogens is 3. The summed E-state index contributed by atoms with van der Waals surface area (Å²) < 4.78 is 38.7. The van der Waals surface area contributed by atoms with Gasteiger partial charge in [-0.1, -0.05) is 12.1 Å². The smallest absolute Gasteiger partial charge is 0.366 e. The van der Waals surface area contributed by atoms with E-state index in [1.165, 1.54) is 6.07 Å². The molecule has 1 aliphatic rings. The Bertz CT molecular complexity index is 1020. The molecule has 2 aromatic rings. The Morgan fingerprint density at radius 2 is 1.77 bits per heavy atom. The molecule has 0 aromatic heterocycles. The highest BCUT2D eigenvalue weighted by Crippen LogP contribution is 2.37. The predicted octanol–water partition coefficient (Wildman–Crippen LogP) is 3.57. The highest BCUT2D eigenvalue weighted by molar-refractivity contribution is 6.03. The summed E-state index contributed by atoms with van der Waals surface area (Å²) in [7, 11) is 0.